The number of amides is 1. The van der Waals surface area contributed by atoms with E-state index in [1.165, 1.54) is 7.11 Å². The third kappa shape index (κ3) is 5.33. The molecule has 2 heterocycles. The highest BCUT2D eigenvalue weighted by Gasteiger charge is 2.40. The van der Waals surface area contributed by atoms with Crippen molar-refractivity contribution >= 4 is 17.4 Å². The first-order valence-corrected chi connectivity index (χ1v) is 9.69. The van der Waals surface area contributed by atoms with Crippen LogP contribution in [-0.4, -0.2) is 31.7 Å². The van der Waals surface area contributed by atoms with E-state index in [4.69, 9.17) is 4.74 Å². The third-order valence-corrected chi connectivity index (χ3v) is 4.96. The molecule has 2 aromatic carbocycles. The molecule has 1 unspecified atom stereocenters. The summed E-state index contributed by atoms with van der Waals surface area (Å²) in [6, 6.07) is 9.11. The first-order chi connectivity index (χ1) is 15.5. The van der Waals surface area contributed by atoms with Gasteiger partial charge in [0.15, 0.2) is 5.78 Å². The van der Waals surface area contributed by atoms with E-state index in [0.29, 0.717) is 18.0 Å². The number of ketones is 1. The summed E-state index contributed by atoms with van der Waals surface area (Å²) in [4.78, 5) is 26.8. The molecule has 2 aliphatic heterocycles. The van der Waals surface area contributed by atoms with Crippen LogP contribution in [0.25, 0.3) is 0 Å². The second-order valence-electron chi connectivity index (χ2n) is 7.08. The number of allylic oxidation sites excluding steroid dienone is 2. The van der Waals surface area contributed by atoms with Crippen molar-refractivity contribution in [1.82, 2.24) is 5.32 Å². The van der Waals surface area contributed by atoms with Gasteiger partial charge in [-0.2, -0.15) is 0 Å². The van der Waals surface area contributed by atoms with E-state index in [-0.39, 0.29) is 23.3 Å². The van der Waals surface area contributed by atoms with Crippen LogP contribution in [0.1, 0.15) is 38.9 Å². The standard InChI is InChI=1S/C19H15F3N2O4.C4H5F/c1-27-11-4-2-10(3-5-11)17-23-18(26)14-9-12(28-19(20,21)22)8-13-15(25)6-7-24(17)16(13)14;1-3-4(2)5/h2-5,8-9,17H,6-7H2,1H3,(H,23,26);3H,1-2H2. The number of carbonyl (C=O) groups is 2. The minimum Gasteiger partial charge on any atom is -0.497 e. The van der Waals surface area contributed by atoms with E-state index in [1.807, 2.05) is 4.90 Å². The second kappa shape index (κ2) is 9.35. The van der Waals surface area contributed by atoms with Gasteiger partial charge in [-0.25, -0.2) is 4.39 Å². The van der Waals surface area contributed by atoms with Crippen LogP contribution in [0.3, 0.4) is 0 Å². The van der Waals surface area contributed by atoms with Gasteiger partial charge >= 0.3 is 6.36 Å². The van der Waals surface area contributed by atoms with Gasteiger partial charge in [0.1, 0.15) is 23.5 Å². The van der Waals surface area contributed by atoms with Crippen molar-refractivity contribution in [2.75, 3.05) is 18.6 Å². The van der Waals surface area contributed by atoms with Crippen LogP contribution in [0.15, 0.2) is 61.5 Å². The van der Waals surface area contributed by atoms with Gasteiger partial charge in [-0.3, -0.25) is 9.59 Å². The molecule has 6 nitrogen and oxygen atoms in total. The number of methoxy groups -OCH3 is 1. The fourth-order valence-electron chi connectivity index (χ4n) is 3.55. The molecule has 0 fully saturated rings. The number of rotatable bonds is 4. The molecular formula is C23H20F4N2O4. The number of nitrogens with one attached hydrogen (secondary N) is 1. The summed E-state index contributed by atoms with van der Waals surface area (Å²) in [6.07, 6.45) is -4.30. The summed E-state index contributed by atoms with van der Waals surface area (Å²) in [6.45, 7) is 6.30. The van der Waals surface area contributed by atoms with Gasteiger partial charge in [0.25, 0.3) is 5.91 Å². The maximum absolute atomic E-state index is 12.6. The molecule has 0 radical (unpaired) electrons. The summed E-state index contributed by atoms with van der Waals surface area (Å²) in [7, 11) is 1.54. The molecule has 0 aliphatic carbocycles. The average Bonchev–Trinajstić information content (AvgIpc) is 2.77. The molecule has 1 N–H and O–H groups in total. The van der Waals surface area contributed by atoms with Gasteiger partial charge < -0.3 is 19.7 Å². The number of hydrogen-bond donors (Lipinski definition) is 1. The fraction of sp³-hybridized carbons (Fsp3) is 0.217. The Morgan fingerprint density at radius 3 is 2.30 bits per heavy atom. The number of anilines is 1. The van der Waals surface area contributed by atoms with Crippen LogP contribution in [0.5, 0.6) is 11.5 Å². The Hall–Kier alpha value is -3.82. The lowest BCUT2D eigenvalue weighted by atomic mass is 9.92. The maximum atomic E-state index is 12.6. The Morgan fingerprint density at radius 2 is 1.76 bits per heavy atom. The normalized spacial score (nSPS) is 16.6. The van der Waals surface area contributed by atoms with E-state index in [0.717, 1.165) is 23.8 Å². The number of ether oxygens (including phenoxy) is 2. The summed E-state index contributed by atoms with van der Waals surface area (Å²) in [5.74, 6) is -1.33. The lowest BCUT2D eigenvalue weighted by Gasteiger charge is -2.42. The summed E-state index contributed by atoms with van der Waals surface area (Å²) >= 11 is 0. The molecular weight excluding hydrogens is 444 g/mol. The highest BCUT2D eigenvalue weighted by molar-refractivity contribution is 6.12. The van der Waals surface area contributed by atoms with Crippen molar-refractivity contribution in [3.8, 4) is 11.5 Å². The molecule has 1 amide bonds. The molecule has 10 heteroatoms. The zero-order valence-corrected chi connectivity index (χ0v) is 17.5. The Labute approximate surface area is 187 Å². The second-order valence-corrected chi connectivity index (χ2v) is 7.08. The molecule has 4 rings (SSSR count). The molecule has 1 atom stereocenters. The Kier molecular flexibility index (Phi) is 6.75. The smallest absolute Gasteiger partial charge is 0.497 e. The predicted octanol–water partition coefficient (Wildman–Crippen LogP) is 5.08. The lowest BCUT2D eigenvalue weighted by Crippen LogP contribution is -2.49. The van der Waals surface area contributed by atoms with Gasteiger partial charge in [-0.15, -0.1) is 13.2 Å². The topological polar surface area (TPSA) is 67.9 Å². The molecule has 2 aromatic rings. The average molecular weight is 464 g/mol. The molecule has 0 aromatic heterocycles. The number of hydrogen-bond acceptors (Lipinski definition) is 5. The van der Waals surface area contributed by atoms with Gasteiger partial charge in [0.05, 0.1) is 18.4 Å². The molecule has 0 bridgehead atoms. The van der Waals surface area contributed by atoms with E-state index in [9.17, 15) is 27.2 Å². The number of carbonyl (C=O) groups excluding carboxylic acids is 2. The lowest BCUT2D eigenvalue weighted by molar-refractivity contribution is -0.274. The van der Waals surface area contributed by atoms with E-state index in [1.54, 1.807) is 24.3 Å². The Morgan fingerprint density at radius 1 is 1.15 bits per heavy atom. The van der Waals surface area contributed by atoms with Crippen molar-refractivity contribution in [3.05, 3.63) is 78.1 Å². The van der Waals surface area contributed by atoms with Crippen molar-refractivity contribution in [3.63, 3.8) is 0 Å². The Balaban J connectivity index is 0.000000555. The van der Waals surface area contributed by atoms with Gasteiger partial charge in [0, 0.05) is 18.5 Å². The number of Topliss-reactive ketones (excluding diaryl/α,β-unsaturated/α-hetero) is 1. The minimum atomic E-state index is -4.92. The minimum absolute atomic E-state index is 0.0189. The van der Waals surface area contributed by atoms with E-state index >= 15 is 0 Å². The van der Waals surface area contributed by atoms with Crippen LogP contribution in [0.4, 0.5) is 23.2 Å². The number of benzene rings is 2. The largest absolute Gasteiger partial charge is 0.573 e. The first-order valence-electron chi connectivity index (χ1n) is 9.69. The SMILES string of the molecule is C=CC(=C)F.COc1ccc(C2NC(=O)c3cc(OC(F)(F)F)cc4c3N2CCC4=O)cc1. The number of halogens is 4. The van der Waals surface area contributed by atoms with Crippen LogP contribution in [-0.2, 0) is 0 Å². The summed E-state index contributed by atoms with van der Waals surface area (Å²) < 4.78 is 58.0. The number of alkyl halides is 3. The molecule has 33 heavy (non-hydrogen) atoms. The van der Waals surface area contributed by atoms with Crippen molar-refractivity contribution in [2.24, 2.45) is 0 Å². The van der Waals surface area contributed by atoms with Crippen LogP contribution < -0.4 is 19.7 Å². The monoisotopic (exact) mass is 464 g/mol. The predicted molar refractivity (Wildman–Crippen MR) is 113 cm³/mol. The number of nitrogens with zero attached hydrogens (tertiary/aromatic N) is 1. The zero-order chi connectivity index (χ0) is 24.3. The fourth-order valence-corrected chi connectivity index (χ4v) is 3.55. The molecule has 0 saturated heterocycles. The van der Waals surface area contributed by atoms with E-state index in [2.05, 4.69) is 23.2 Å². The molecule has 2 aliphatic rings. The first kappa shape index (κ1) is 23.8. The Bertz CT molecular complexity index is 1080. The zero-order valence-electron chi connectivity index (χ0n) is 17.5. The van der Waals surface area contributed by atoms with Crippen molar-refractivity contribution in [1.29, 1.82) is 0 Å². The quantitative estimate of drug-likeness (QED) is 0.505. The summed E-state index contributed by atoms with van der Waals surface area (Å²) in [5.41, 5.74) is 1.12. The third-order valence-electron chi connectivity index (χ3n) is 4.96. The van der Waals surface area contributed by atoms with Crippen molar-refractivity contribution < 1.29 is 36.6 Å². The van der Waals surface area contributed by atoms with Gasteiger partial charge in [-0.1, -0.05) is 25.3 Å². The molecule has 174 valence electrons. The van der Waals surface area contributed by atoms with E-state index < -0.39 is 30.0 Å². The molecule has 0 spiro atoms. The van der Waals surface area contributed by atoms with Crippen LogP contribution >= 0.6 is 0 Å². The van der Waals surface area contributed by atoms with Crippen LogP contribution in [0.2, 0.25) is 0 Å². The van der Waals surface area contributed by atoms with Crippen LogP contribution in [0, 0.1) is 0 Å². The highest BCUT2D eigenvalue weighted by Crippen LogP contribution is 2.42. The maximum Gasteiger partial charge on any atom is 0.573 e. The summed E-state index contributed by atoms with van der Waals surface area (Å²) in [5, 5.41) is 2.79. The van der Waals surface area contributed by atoms with Crippen molar-refractivity contribution in [2.45, 2.75) is 18.9 Å². The molecule has 0 saturated carbocycles. The van der Waals surface area contributed by atoms with Gasteiger partial charge in [-0.05, 0) is 35.9 Å². The highest BCUT2D eigenvalue weighted by atomic mass is 19.4. The van der Waals surface area contributed by atoms with Gasteiger partial charge in [0.2, 0.25) is 0 Å².